The second kappa shape index (κ2) is 7.02. The van der Waals surface area contributed by atoms with Crippen molar-refractivity contribution in [2.75, 3.05) is 27.7 Å². The van der Waals surface area contributed by atoms with Gasteiger partial charge in [0.25, 0.3) is 6.47 Å². The van der Waals surface area contributed by atoms with Crippen LogP contribution in [-0.4, -0.2) is 55.1 Å². The molecule has 74 valence electrons. The summed E-state index contributed by atoms with van der Waals surface area (Å²) < 4.78 is 0.685. The molecule has 0 aromatic carbocycles. The Morgan fingerprint density at radius 3 is 1.92 bits per heavy atom. The third-order valence-corrected chi connectivity index (χ3v) is 0.861. The molecular weight excluding hydrogens is 160 g/mol. The Labute approximate surface area is 73.2 Å². The van der Waals surface area contributed by atoms with Crippen LogP contribution in [0.1, 0.15) is 6.92 Å². The molecule has 0 aromatic rings. The Kier molecular flexibility index (Phi) is 8.14. The molecular formula is C7H19N2O3+. The molecule has 0 amide bonds. The van der Waals surface area contributed by atoms with Crippen LogP contribution in [0.3, 0.4) is 0 Å². The van der Waals surface area contributed by atoms with E-state index in [-0.39, 0.29) is 12.6 Å². The van der Waals surface area contributed by atoms with Crippen molar-refractivity contribution in [1.82, 2.24) is 5.43 Å². The van der Waals surface area contributed by atoms with Crippen molar-refractivity contribution in [3.8, 4) is 0 Å². The second-order valence-corrected chi connectivity index (χ2v) is 3.33. The van der Waals surface area contributed by atoms with Crippen molar-refractivity contribution in [3.05, 3.63) is 0 Å². The zero-order chi connectivity index (χ0) is 10.2. The van der Waals surface area contributed by atoms with Gasteiger partial charge in [0.15, 0.2) is 0 Å². The minimum absolute atomic E-state index is 0.250. The molecule has 0 fully saturated rings. The van der Waals surface area contributed by atoms with E-state index < -0.39 is 0 Å². The van der Waals surface area contributed by atoms with Crippen molar-refractivity contribution in [2.24, 2.45) is 0 Å². The second-order valence-electron chi connectivity index (χ2n) is 3.33. The molecule has 0 heterocycles. The highest BCUT2D eigenvalue weighted by atomic mass is 16.3. The summed E-state index contributed by atoms with van der Waals surface area (Å²) in [6, 6.07) is 0. The quantitative estimate of drug-likeness (QED) is 0.304. The van der Waals surface area contributed by atoms with E-state index in [1.54, 1.807) is 6.92 Å². The number of quaternary nitrogens is 1. The van der Waals surface area contributed by atoms with Gasteiger partial charge in [-0.2, -0.15) is 5.43 Å². The van der Waals surface area contributed by atoms with Gasteiger partial charge in [-0.25, -0.2) is 0 Å². The molecule has 0 radical (unpaired) electrons. The molecule has 1 atom stereocenters. The molecule has 0 spiro atoms. The summed E-state index contributed by atoms with van der Waals surface area (Å²) >= 11 is 0. The highest BCUT2D eigenvalue weighted by Crippen LogP contribution is 1.82. The van der Waals surface area contributed by atoms with Gasteiger partial charge in [0.05, 0.1) is 33.8 Å². The Balaban J connectivity index is 0. The highest BCUT2D eigenvalue weighted by molar-refractivity contribution is 5.32. The van der Waals surface area contributed by atoms with Crippen LogP contribution in [0.4, 0.5) is 0 Å². The molecule has 0 bridgehead atoms. The fourth-order valence-electron chi connectivity index (χ4n) is 0.406. The van der Waals surface area contributed by atoms with Crippen LogP contribution in [0.5, 0.6) is 0 Å². The summed E-state index contributed by atoms with van der Waals surface area (Å²) in [5.74, 6) is 0. The van der Waals surface area contributed by atoms with Crippen molar-refractivity contribution in [2.45, 2.75) is 13.0 Å². The highest BCUT2D eigenvalue weighted by Gasteiger charge is 2.06. The van der Waals surface area contributed by atoms with Crippen molar-refractivity contribution in [3.63, 3.8) is 0 Å². The monoisotopic (exact) mass is 179 g/mol. The van der Waals surface area contributed by atoms with Gasteiger partial charge in [-0.05, 0) is 6.92 Å². The smallest absolute Gasteiger partial charge is 0.290 e. The Bertz CT molecular complexity index is 110. The normalized spacial score (nSPS) is 12.8. The molecule has 12 heavy (non-hydrogen) atoms. The number of rotatable bonds is 3. The van der Waals surface area contributed by atoms with Crippen LogP contribution < -0.4 is 5.43 Å². The lowest BCUT2D eigenvalue weighted by Gasteiger charge is -2.24. The van der Waals surface area contributed by atoms with Gasteiger partial charge >= 0.3 is 0 Å². The molecule has 3 N–H and O–H groups in total. The standard InChI is InChI=1S/C6H17N2O.CH2O2/c1-6(9)5-7-8(2,3)4;2-1-3/h6-7,9H,5H2,1-4H3;1H,(H,2,3)/q+1;. The summed E-state index contributed by atoms with van der Waals surface area (Å²) in [6.45, 7) is 2.16. The maximum atomic E-state index is 8.84. The van der Waals surface area contributed by atoms with Gasteiger partial charge < -0.3 is 10.2 Å². The maximum Gasteiger partial charge on any atom is 0.290 e. The molecule has 0 aliphatic rings. The first-order chi connectivity index (χ1) is 5.33. The average molecular weight is 179 g/mol. The van der Waals surface area contributed by atoms with Crippen LogP contribution in [0.2, 0.25) is 0 Å². The Morgan fingerprint density at radius 1 is 1.50 bits per heavy atom. The van der Waals surface area contributed by atoms with E-state index in [0.29, 0.717) is 11.1 Å². The lowest BCUT2D eigenvalue weighted by molar-refractivity contribution is -0.915. The first-order valence-electron chi connectivity index (χ1n) is 3.66. The van der Waals surface area contributed by atoms with Crippen molar-refractivity contribution in [1.29, 1.82) is 0 Å². The first kappa shape index (κ1) is 13.9. The van der Waals surface area contributed by atoms with Gasteiger partial charge in [0, 0.05) is 0 Å². The van der Waals surface area contributed by atoms with E-state index in [4.69, 9.17) is 15.0 Å². The van der Waals surface area contributed by atoms with Crippen LogP contribution in [0, 0.1) is 0 Å². The summed E-state index contributed by atoms with van der Waals surface area (Å²) in [7, 11) is 6.05. The number of aliphatic hydroxyl groups excluding tert-OH is 1. The molecule has 0 aliphatic carbocycles. The fraction of sp³-hybridized carbons (Fsp3) is 0.857. The lowest BCUT2D eigenvalue weighted by atomic mass is 10.4. The molecule has 0 saturated carbocycles. The maximum absolute atomic E-state index is 8.84. The fourth-order valence-corrected chi connectivity index (χ4v) is 0.406. The van der Waals surface area contributed by atoms with Gasteiger partial charge in [-0.15, -0.1) is 0 Å². The Morgan fingerprint density at radius 2 is 1.83 bits per heavy atom. The minimum Gasteiger partial charge on any atom is -0.483 e. The number of carbonyl (C=O) groups is 1. The number of nitrogens with zero attached hydrogens (tertiary/aromatic N) is 1. The van der Waals surface area contributed by atoms with Crippen LogP contribution in [0.15, 0.2) is 0 Å². The molecule has 0 saturated heterocycles. The van der Waals surface area contributed by atoms with Gasteiger partial charge in [-0.1, -0.05) is 0 Å². The van der Waals surface area contributed by atoms with E-state index in [1.807, 2.05) is 21.1 Å². The van der Waals surface area contributed by atoms with Crippen LogP contribution in [0.25, 0.3) is 0 Å². The largest absolute Gasteiger partial charge is 0.483 e. The van der Waals surface area contributed by atoms with Gasteiger partial charge in [0.1, 0.15) is 0 Å². The zero-order valence-electron chi connectivity index (χ0n) is 8.11. The third-order valence-electron chi connectivity index (χ3n) is 0.861. The lowest BCUT2D eigenvalue weighted by Crippen LogP contribution is -2.50. The van der Waals surface area contributed by atoms with Gasteiger partial charge in [0.2, 0.25) is 0 Å². The molecule has 0 aliphatic heterocycles. The Hall–Kier alpha value is -0.650. The summed E-state index contributed by atoms with van der Waals surface area (Å²) in [4.78, 5) is 8.36. The first-order valence-corrected chi connectivity index (χ1v) is 3.66. The molecule has 0 aromatic heterocycles. The topological polar surface area (TPSA) is 69.6 Å². The number of aliphatic hydroxyl groups is 1. The van der Waals surface area contributed by atoms with E-state index in [1.165, 1.54) is 0 Å². The SMILES string of the molecule is CC(O)CN[N+](C)(C)C.O=CO. The van der Waals surface area contributed by atoms with E-state index in [2.05, 4.69) is 5.43 Å². The number of nitrogens with one attached hydrogen (secondary N) is 1. The molecule has 5 nitrogen and oxygen atoms in total. The summed E-state index contributed by atoms with van der Waals surface area (Å²) in [6.07, 6.45) is -0.262. The van der Waals surface area contributed by atoms with Crippen LogP contribution in [-0.2, 0) is 4.79 Å². The third kappa shape index (κ3) is 22.8. The van der Waals surface area contributed by atoms with E-state index in [9.17, 15) is 0 Å². The average Bonchev–Trinajstić information content (AvgIpc) is 1.84. The van der Waals surface area contributed by atoms with Crippen LogP contribution >= 0.6 is 0 Å². The van der Waals surface area contributed by atoms with Crippen molar-refractivity contribution >= 4 is 6.47 Å². The predicted octanol–water partition coefficient (Wildman–Crippen LogP) is -0.721. The van der Waals surface area contributed by atoms with Crippen molar-refractivity contribution < 1.29 is 19.6 Å². The number of hydrogen-bond donors (Lipinski definition) is 3. The van der Waals surface area contributed by atoms with E-state index in [0.717, 1.165) is 0 Å². The molecule has 1 unspecified atom stereocenters. The number of carboxylic acid groups (broad SMARTS) is 1. The predicted molar refractivity (Wildman–Crippen MR) is 46.4 cm³/mol. The zero-order valence-corrected chi connectivity index (χ0v) is 8.11. The summed E-state index contributed by atoms with van der Waals surface area (Å²) in [5.41, 5.74) is 3.11. The van der Waals surface area contributed by atoms with Gasteiger partial charge in [-0.3, -0.25) is 9.39 Å². The van der Waals surface area contributed by atoms with E-state index >= 15 is 0 Å². The number of hydrogen-bond acceptors (Lipinski definition) is 3. The molecule has 5 heteroatoms. The molecule has 0 rings (SSSR count). The summed E-state index contributed by atoms with van der Waals surface area (Å²) in [5, 5.41) is 15.7. The minimum atomic E-state index is -0.262.